The van der Waals surface area contributed by atoms with Gasteiger partial charge in [0.1, 0.15) is 5.75 Å². The number of amides is 1. The van der Waals surface area contributed by atoms with E-state index in [2.05, 4.69) is 16.3 Å². The summed E-state index contributed by atoms with van der Waals surface area (Å²) in [6, 6.07) is 15.7. The summed E-state index contributed by atoms with van der Waals surface area (Å²) in [7, 11) is 1.65. The molecule has 2 aromatic carbocycles. The minimum absolute atomic E-state index is 0.0249. The van der Waals surface area contributed by atoms with Gasteiger partial charge in [0.05, 0.1) is 13.0 Å². The Morgan fingerprint density at radius 2 is 2.12 bits per heavy atom. The molecule has 3 rings (SSSR count). The number of methoxy groups -OCH3 is 1. The van der Waals surface area contributed by atoms with E-state index in [0.29, 0.717) is 6.54 Å². The van der Waals surface area contributed by atoms with Gasteiger partial charge in [0.2, 0.25) is 5.91 Å². The van der Waals surface area contributed by atoms with Crippen LogP contribution < -0.4 is 10.1 Å². The van der Waals surface area contributed by atoms with E-state index < -0.39 is 0 Å². The van der Waals surface area contributed by atoms with Crippen LogP contribution in [0, 0.1) is 5.92 Å². The van der Waals surface area contributed by atoms with Crippen molar-refractivity contribution < 1.29 is 9.53 Å². The number of hydrogen-bond acceptors (Lipinski definition) is 3. The fourth-order valence-corrected chi connectivity index (χ4v) is 3.59. The van der Waals surface area contributed by atoms with Crippen LogP contribution in [0.4, 0.5) is 0 Å². The molecule has 1 amide bonds. The van der Waals surface area contributed by atoms with E-state index in [9.17, 15) is 4.79 Å². The first kappa shape index (κ1) is 18.7. The van der Waals surface area contributed by atoms with Gasteiger partial charge in [0, 0.05) is 24.7 Å². The number of nitrogens with zero attached hydrogens (tertiary/aromatic N) is 1. The Labute approximate surface area is 160 Å². The van der Waals surface area contributed by atoms with Crippen molar-refractivity contribution in [1.82, 2.24) is 10.2 Å². The standard InChI is InChI=1S/C21H25ClN2O2/c1-26-19-9-4-6-16(12-19)13-23-21(25)18-8-5-11-24(15-18)14-17-7-2-3-10-20(17)22/h2-4,6-7,9-10,12,18H,5,8,11,13-15H2,1H3,(H,23,25). The Kier molecular flexibility index (Phi) is 6.53. The molecular formula is C21H25ClN2O2. The molecule has 0 bridgehead atoms. The average Bonchev–Trinajstić information content (AvgIpc) is 2.68. The van der Waals surface area contributed by atoms with Gasteiger partial charge in [0.15, 0.2) is 0 Å². The van der Waals surface area contributed by atoms with E-state index in [1.54, 1.807) is 7.11 Å². The highest BCUT2D eigenvalue weighted by Crippen LogP contribution is 2.22. The zero-order chi connectivity index (χ0) is 18.4. The largest absolute Gasteiger partial charge is 0.497 e. The van der Waals surface area contributed by atoms with E-state index in [0.717, 1.165) is 54.4 Å². The third-order valence-electron chi connectivity index (χ3n) is 4.83. The number of likely N-dealkylation sites (tertiary alicyclic amines) is 1. The molecule has 1 atom stereocenters. The Bertz CT molecular complexity index is 750. The number of carbonyl (C=O) groups is 1. The maximum absolute atomic E-state index is 12.6. The van der Waals surface area contributed by atoms with E-state index in [-0.39, 0.29) is 11.8 Å². The number of rotatable bonds is 6. The molecule has 1 saturated heterocycles. The molecule has 138 valence electrons. The van der Waals surface area contributed by atoms with Crippen LogP contribution >= 0.6 is 11.6 Å². The lowest BCUT2D eigenvalue weighted by Gasteiger charge is -2.32. The summed E-state index contributed by atoms with van der Waals surface area (Å²) in [6.45, 7) is 3.09. The molecule has 5 heteroatoms. The zero-order valence-electron chi connectivity index (χ0n) is 15.1. The van der Waals surface area contributed by atoms with Crippen molar-refractivity contribution in [1.29, 1.82) is 0 Å². The average molecular weight is 373 g/mol. The highest BCUT2D eigenvalue weighted by Gasteiger charge is 2.25. The van der Waals surface area contributed by atoms with Gasteiger partial charge in [0.25, 0.3) is 0 Å². The number of ether oxygens (including phenoxy) is 1. The van der Waals surface area contributed by atoms with Crippen LogP contribution in [0.15, 0.2) is 48.5 Å². The fraction of sp³-hybridized carbons (Fsp3) is 0.381. The number of benzene rings is 2. The minimum Gasteiger partial charge on any atom is -0.497 e. The highest BCUT2D eigenvalue weighted by atomic mass is 35.5. The van der Waals surface area contributed by atoms with Crippen molar-refractivity contribution in [2.45, 2.75) is 25.9 Å². The summed E-state index contributed by atoms with van der Waals surface area (Å²) < 4.78 is 5.23. The van der Waals surface area contributed by atoms with Crippen LogP contribution in [0.3, 0.4) is 0 Å². The normalized spacial score (nSPS) is 17.7. The topological polar surface area (TPSA) is 41.6 Å². The van der Waals surface area contributed by atoms with Crippen LogP contribution in [0.1, 0.15) is 24.0 Å². The lowest BCUT2D eigenvalue weighted by Crippen LogP contribution is -2.42. The molecule has 26 heavy (non-hydrogen) atoms. The van der Waals surface area contributed by atoms with Gasteiger partial charge >= 0.3 is 0 Å². The van der Waals surface area contributed by atoms with Crippen LogP contribution in [0.5, 0.6) is 5.75 Å². The lowest BCUT2D eigenvalue weighted by atomic mass is 9.96. The van der Waals surface area contributed by atoms with Gasteiger partial charge in [-0.25, -0.2) is 0 Å². The van der Waals surface area contributed by atoms with Gasteiger partial charge in [-0.2, -0.15) is 0 Å². The summed E-state index contributed by atoms with van der Waals surface area (Å²) in [5.41, 5.74) is 2.16. The lowest BCUT2D eigenvalue weighted by molar-refractivity contribution is -0.126. The maximum Gasteiger partial charge on any atom is 0.224 e. The predicted molar refractivity (Wildman–Crippen MR) is 104 cm³/mol. The molecule has 1 N–H and O–H groups in total. The third kappa shape index (κ3) is 4.99. The van der Waals surface area contributed by atoms with Gasteiger partial charge in [-0.15, -0.1) is 0 Å². The Morgan fingerprint density at radius 1 is 1.27 bits per heavy atom. The number of hydrogen-bond donors (Lipinski definition) is 1. The first-order chi connectivity index (χ1) is 12.7. The van der Waals surface area contributed by atoms with Crippen LogP contribution in [0.25, 0.3) is 0 Å². The summed E-state index contributed by atoms with van der Waals surface area (Å²) in [4.78, 5) is 14.9. The summed E-state index contributed by atoms with van der Waals surface area (Å²) in [5.74, 6) is 0.953. The van der Waals surface area contributed by atoms with E-state index >= 15 is 0 Å². The van der Waals surface area contributed by atoms with Crippen LogP contribution in [-0.4, -0.2) is 31.0 Å². The molecule has 1 aliphatic rings. The van der Waals surface area contributed by atoms with E-state index in [1.165, 1.54) is 0 Å². The monoisotopic (exact) mass is 372 g/mol. The smallest absolute Gasteiger partial charge is 0.224 e. The second-order valence-corrected chi connectivity index (χ2v) is 7.14. The molecule has 0 radical (unpaired) electrons. The molecule has 0 aromatic heterocycles. The Morgan fingerprint density at radius 3 is 2.92 bits per heavy atom. The molecule has 0 aliphatic carbocycles. The van der Waals surface area contributed by atoms with Crippen molar-refractivity contribution in [2.75, 3.05) is 20.2 Å². The summed E-state index contributed by atoms with van der Waals surface area (Å²) in [5, 5.41) is 3.86. The van der Waals surface area contributed by atoms with E-state index in [4.69, 9.17) is 16.3 Å². The second-order valence-electron chi connectivity index (χ2n) is 6.74. The number of halogens is 1. The van der Waals surface area contributed by atoms with E-state index in [1.807, 2.05) is 42.5 Å². The Balaban J connectivity index is 1.53. The minimum atomic E-state index is 0.0249. The number of nitrogens with one attached hydrogen (secondary N) is 1. The van der Waals surface area contributed by atoms with Gasteiger partial charge in [-0.05, 0) is 48.7 Å². The Hall–Kier alpha value is -2.04. The van der Waals surface area contributed by atoms with Gasteiger partial charge in [-0.3, -0.25) is 9.69 Å². The fourth-order valence-electron chi connectivity index (χ4n) is 3.40. The van der Waals surface area contributed by atoms with Crippen molar-refractivity contribution in [3.05, 3.63) is 64.7 Å². The summed E-state index contributed by atoms with van der Waals surface area (Å²) >= 11 is 6.27. The van der Waals surface area contributed by atoms with Crippen LogP contribution in [0.2, 0.25) is 5.02 Å². The first-order valence-corrected chi connectivity index (χ1v) is 9.40. The van der Waals surface area contributed by atoms with Gasteiger partial charge in [-0.1, -0.05) is 41.9 Å². The molecule has 1 aliphatic heterocycles. The molecule has 1 heterocycles. The number of carbonyl (C=O) groups excluding carboxylic acids is 1. The van der Waals surface area contributed by atoms with Crippen molar-refractivity contribution >= 4 is 17.5 Å². The SMILES string of the molecule is COc1cccc(CNC(=O)C2CCCN(Cc3ccccc3Cl)C2)c1. The molecule has 1 fully saturated rings. The number of piperidine rings is 1. The van der Waals surface area contributed by atoms with Crippen molar-refractivity contribution in [2.24, 2.45) is 5.92 Å². The van der Waals surface area contributed by atoms with Gasteiger partial charge < -0.3 is 10.1 Å². The molecule has 4 nitrogen and oxygen atoms in total. The maximum atomic E-state index is 12.6. The van der Waals surface area contributed by atoms with Crippen molar-refractivity contribution in [3.63, 3.8) is 0 Å². The first-order valence-electron chi connectivity index (χ1n) is 9.02. The molecule has 1 unspecified atom stereocenters. The summed E-state index contributed by atoms with van der Waals surface area (Å²) in [6.07, 6.45) is 1.96. The zero-order valence-corrected chi connectivity index (χ0v) is 15.8. The van der Waals surface area contributed by atoms with Crippen LogP contribution in [-0.2, 0) is 17.9 Å². The molecule has 2 aromatic rings. The highest BCUT2D eigenvalue weighted by molar-refractivity contribution is 6.31. The quantitative estimate of drug-likeness (QED) is 0.836. The third-order valence-corrected chi connectivity index (χ3v) is 5.20. The molecule has 0 saturated carbocycles. The predicted octanol–water partition coefficient (Wildman–Crippen LogP) is 3.88. The van der Waals surface area contributed by atoms with Crippen molar-refractivity contribution in [3.8, 4) is 5.75 Å². The second kappa shape index (κ2) is 9.06. The molecular weight excluding hydrogens is 348 g/mol. The molecule has 0 spiro atoms.